The molecule has 48 heavy (non-hydrogen) atoms. The minimum Gasteiger partial charge on any atom is -0.478 e. The molecule has 0 fully saturated rings. The molecule has 14 N–H and O–H groups in total. The van der Waals surface area contributed by atoms with Gasteiger partial charge < -0.3 is 71.5 Å². The maximum Gasteiger partial charge on any atom is 0.327 e. The van der Waals surface area contributed by atoms with E-state index >= 15 is 0 Å². The summed E-state index contributed by atoms with van der Waals surface area (Å²) < 4.78 is 0. The molecule has 0 amide bonds. The summed E-state index contributed by atoms with van der Waals surface area (Å²) in [7, 11) is 0. The van der Waals surface area contributed by atoms with Gasteiger partial charge in [-0.05, 0) is 0 Å². The van der Waals surface area contributed by atoms with E-state index in [1.807, 2.05) is 0 Å². The van der Waals surface area contributed by atoms with Gasteiger partial charge in [-0.15, -0.1) is 0 Å². The Labute approximate surface area is 276 Å². The maximum absolute atomic E-state index is 9.25. The summed E-state index contributed by atoms with van der Waals surface area (Å²) in [6.07, 6.45) is 5.00. The molecule has 0 aliphatic carbocycles. The van der Waals surface area contributed by atoms with Gasteiger partial charge in [-0.25, -0.2) is 28.8 Å². The highest BCUT2D eigenvalue weighted by molar-refractivity contribution is 5.80. The summed E-state index contributed by atoms with van der Waals surface area (Å²) in [5, 5.41) is 114. The largest absolute Gasteiger partial charge is 0.478 e. The van der Waals surface area contributed by atoms with Gasteiger partial charge in [-0.1, -0.05) is 39.5 Å². The molecule has 0 aromatic rings. The van der Waals surface area contributed by atoms with Crippen molar-refractivity contribution in [2.24, 2.45) is 10.8 Å². The van der Waals surface area contributed by atoms with Gasteiger partial charge in [0.2, 0.25) is 0 Å². The van der Waals surface area contributed by atoms with Crippen molar-refractivity contribution in [2.45, 2.75) is 0 Å². The van der Waals surface area contributed by atoms with Gasteiger partial charge in [-0.2, -0.15) is 0 Å². The first-order valence-electron chi connectivity index (χ1n) is 12.1. The molecule has 0 bridgehead atoms. The molecule has 0 radical (unpaired) electrons. The lowest BCUT2D eigenvalue weighted by molar-refractivity contribution is -0.132. The molecule has 0 aromatic carbocycles. The van der Waals surface area contributed by atoms with Crippen LogP contribution in [0.2, 0.25) is 0 Å². The molecule has 0 rings (SSSR count). The minimum atomic E-state index is -1.11. The zero-order chi connectivity index (χ0) is 40.4. The molecule has 0 heterocycles. The molecular formula is C28H48O20. The first-order valence-corrected chi connectivity index (χ1v) is 12.1. The predicted octanol–water partition coefficient (Wildman–Crippen LogP) is -2.57. The van der Waals surface area contributed by atoms with Crippen LogP contribution in [0.4, 0.5) is 0 Å². The summed E-state index contributed by atoms with van der Waals surface area (Å²) in [6, 6.07) is 0. The Morgan fingerprint density at radius 1 is 0.312 bits per heavy atom. The number of aliphatic hydroxyl groups excluding tert-OH is 8. The molecule has 0 aliphatic rings. The van der Waals surface area contributed by atoms with Crippen molar-refractivity contribution in [3.8, 4) is 0 Å². The Hall–Kier alpha value is -5.06. The zero-order valence-electron chi connectivity index (χ0n) is 26.1. The summed E-state index contributed by atoms with van der Waals surface area (Å²) >= 11 is 0. The Balaban J connectivity index is -0.0000000646. The van der Waals surface area contributed by atoms with Crippen LogP contribution in [-0.4, -0.2) is 160 Å². The van der Waals surface area contributed by atoms with E-state index in [9.17, 15) is 28.8 Å². The first-order chi connectivity index (χ1) is 22.1. The monoisotopic (exact) mass is 704 g/mol. The van der Waals surface area contributed by atoms with Crippen molar-refractivity contribution in [1.82, 2.24) is 0 Å². The van der Waals surface area contributed by atoms with E-state index in [2.05, 4.69) is 39.5 Å². The fraction of sp³-hybridized carbons (Fsp3) is 0.357. The second-order valence-electron chi connectivity index (χ2n) is 7.52. The van der Waals surface area contributed by atoms with Gasteiger partial charge in [0.15, 0.2) is 0 Å². The molecule has 0 aromatic heterocycles. The summed E-state index contributed by atoms with van der Waals surface area (Å²) in [5.41, 5.74) is -2.22. The third-order valence-electron chi connectivity index (χ3n) is 3.73. The van der Waals surface area contributed by atoms with Gasteiger partial charge in [0.1, 0.15) is 0 Å². The minimum absolute atomic E-state index is 0.406. The number of aliphatic hydroxyl groups is 8. The molecule has 0 aliphatic heterocycles. The first kappa shape index (κ1) is 61.9. The number of aliphatic carboxylic acids is 6. The number of hydrogen-bond donors (Lipinski definition) is 14. The lowest BCUT2D eigenvalue weighted by atomic mass is 9.93. The van der Waals surface area contributed by atoms with Crippen LogP contribution in [0.15, 0.2) is 75.9 Å². The van der Waals surface area contributed by atoms with Gasteiger partial charge in [0.05, 0.1) is 63.7 Å². The van der Waals surface area contributed by atoms with E-state index in [0.29, 0.717) is 0 Å². The Morgan fingerprint density at radius 2 is 0.375 bits per heavy atom. The van der Waals surface area contributed by atoms with Crippen molar-refractivity contribution in [3.05, 3.63) is 75.9 Å². The smallest absolute Gasteiger partial charge is 0.327 e. The van der Waals surface area contributed by atoms with Crippen molar-refractivity contribution in [2.75, 3.05) is 52.9 Å². The molecule has 280 valence electrons. The molecule has 0 saturated heterocycles. The standard InChI is InChI=1S/2C5H12O4.6C3H4O2/c2*6-1-5(2-7,3-8)4-9;6*1-2-3(4)5/h2*6-9H,1-4H2;6*2H,1H2,(H,4,5). The fourth-order valence-electron chi connectivity index (χ4n) is 0.600. The van der Waals surface area contributed by atoms with Crippen molar-refractivity contribution in [3.63, 3.8) is 0 Å². The van der Waals surface area contributed by atoms with Crippen molar-refractivity contribution >= 4 is 35.8 Å². The molecule has 20 nitrogen and oxygen atoms in total. The Bertz CT molecular complexity index is 723. The zero-order valence-corrected chi connectivity index (χ0v) is 26.1. The average molecular weight is 705 g/mol. The van der Waals surface area contributed by atoms with Crippen molar-refractivity contribution in [1.29, 1.82) is 0 Å². The van der Waals surface area contributed by atoms with E-state index < -0.39 is 99.5 Å². The van der Waals surface area contributed by atoms with Gasteiger partial charge in [0.25, 0.3) is 0 Å². The lowest BCUT2D eigenvalue weighted by Gasteiger charge is -2.23. The van der Waals surface area contributed by atoms with Gasteiger partial charge >= 0.3 is 35.8 Å². The van der Waals surface area contributed by atoms with Crippen LogP contribution in [0, 0.1) is 10.8 Å². The highest BCUT2D eigenvalue weighted by atomic mass is 16.4. The number of rotatable bonds is 14. The average Bonchev–Trinajstić information content (AvgIpc) is 3.09. The van der Waals surface area contributed by atoms with Gasteiger partial charge in [-0.3, -0.25) is 0 Å². The summed E-state index contributed by atoms with van der Waals surface area (Å²) in [6.45, 7) is 14.5. The Morgan fingerprint density at radius 3 is 0.375 bits per heavy atom. The van der Waals surface area contributed by atoms with Gasteiger partial charge in [0, 0.05) is 36.5 Å². The Kier molecular flexibility index (Phi) is 59.8. The van der Waals surface area contributed by atoms with Crippen LogP contribution in [0.25, 0.3) is 0 Å². The number of carbonyl (C=O) groups is 6. The second-order valence-corrected chi connectivity index (χ2v) is 7.52. The summed E-state index contributed by atoms with van der Waals surface area (Å²) in [5.74, 6) is -5.89. The maximum atomic E-state index is 9.25. The molecular weight excluding hydrogens is 656 g/mol. The van der Waals surface area contributed by atoms with Crippen LogP contribution >= 0.6 is 0 Å². The number of carboxylic acids is 6. The van der Waals surface area contributed by atoms with Crippen molar-refractivity contribution < 1.29 is 100 Å². The second kappa shape index (κ2) is 46.4. The predicted molar refractivity (Wildman–Crippen MR) is 169 cm³/mol. The van der Waals surface area contributed by atoms with Crippen LogP contribution in [-0.2, 0) is 28.8 Å². The van der Waals surface area contributed by atoms with Crippen LogP contribution in [0.5, 0.6) is 0 Å². The molecule has 0 spiro atoms. The third kappa shape index (κ3) is 68.2. The lowest BCUT2D eigenvalue weighted by Crippen LogP contribution is -2.37. The third-order valence-corrected chi connectivity index (χ3v) is 3.73. The van der Waals surface area contributed by atoms with E-state index in [0.717, 1.165) is 36.5 Å². The van der Waals surface area contributed by atoms with E-state index in [1.165, 1.54) is 0 Å². The number of carboxylic acid groups (broad SMARTS) is 6. The van der Waals surface area contributed by atoms with Crippen LogP contribution in [0.1, 0.15) is 0 Å². The van der Waals surface area contributed by atoms with E-state index in [1.54, 1.807) is 0 Å². The quantitative estimate of drug-likeness (QED) is 0.0826. The fourth-order valence-corrected chi connectivity index (χ4v) is 0.600. The topological polar surface area (TPSA) is 386 Å². The van der Waals surface area contributed by atoms with Crippen LogP contribution < -0.4 is 0 Å². The molecule has 0 saturated carbocycles. The summed E-state index contributed by atoms with van der Waals surface area (Å²) in [4.78, 5) is 55.5. The SMILES string of the molecule is C=CC(=O)O.C=CC(=O)O.C=CC(=O)O.C=CC(=O)O.C=CC(=O)O.C=CC(=O)O.OCC(CO)(CO)CO.OCC(CO)(CO)CO. The highest BCUT2D eigenvalue weighted by Crippen LogP contribution is 2.12. The number of hydrogen-bond acceptors (Lipinski definition) is 14. The molecule has 0 unspecified atom stereocenters. The van der Waals surface area contributed by atoms with Crippen LogP contribution in [0.3, 0.4) is 0 Å². The normalized spacial score (nSPS) is 8.50. The molecule has 20 heteroatoms. The van der Waals surface area contributed by atoms with E-state index in [4.69, 9.17) is 71.5 Å². The van der Waals surface area contributed by atoms with E-state index in [-0.39, 0.29) is 0 Å². The highest BCUT2D eigenvalue weighted by Gasteiger charge is 2.27. The molecule has 0 atom stereocenters.